The van der Waals surface area contributed by atoms with Crippen molar-refractivity contribution < 1.29 is 24.5 Å². The van der Waals surface area contributed by atoms with Gasteiger partial charge in [0.05, 0.1) is 25.2 Å². The fourth-order valence-electron chi connectivity index (χ4n) is 7.28. The molecular formula is C54H95NO5. The minimum atomic E-state index is -0.800. The van der Waals surface area contributed by atoms with Gasteiger partial charge in [-0.1, -0.05) is 203 Å². The zero-order valence-electron chi connectivity index (χ0n) is 39.3. The maximum Gasteiger partial charge on any atom is 0.306 e. The highest BCUT2D eigenvalue weighted by Crippen LogP contribution is 2.17. The van der Waals surface area contributed by atoms with Crippen LogP contribution in [-0.2, 0) is 14.3 Å². The van der Waals surface area contributed by atoms with Gasteiger partial charge in [-0.3, -0.25) is 9.59 Å². The lowest BCUT2D eigenvalue weighted by Crippen LogP contribution is -2.46. The Bertz CT molecular complexity index is 1120. The predicted molar refractivity (Wildman–Crippen MR) is 259 cm³/mol. The Hall–Kier alpha value is -2.70. The van der Waals surface area contributed by atoms with Gasteiger partial charge in [0.15, 0.2) is 0 Å². The summed E-state index contributed by atoms with van der Waals surface area (Å²) >= 11 is 0. The number of esters is 1. The number of aliphatic hydroxyl groups is 2. The van der Waals surface area contributed by atoms with E-state index >= 15 is 0 Å². The normalized spacial score (nSPS) is 13.9. The summed E-state index contributed by atoms with van der Waals surface area (Å²) in [6.07, 6.45) is 59.6. The van der Waals surface area contributed by atoms with Gasteiger partial charge in [0.25, 0.3) is 0 Å². The lowest BCUT2D eigenvalue weighted by molar-refractivity contribution is -0.151. The van der Waals surface area contributed by atoms with E-state index < -0.39 is 18.2 Å². The third-order valence-electron chi connectivity index (χ3n) is 11.0. The van der Waals surface area contributed by atoms with Crippen LogP contribution in [0.4, 0.5) is 0 Å². The Kier molecular flexibility index (Phi) is 45.2. The molecule has 0 aliphatic carbocycles. The molecule has 0 aromatic carbocycles. The van der Waals surface area contributed by atoms with Gasteiger partial charge in [-0.25, -0.2) is 0 Å². The number of hydrogen-bond donors (Lipinski definition) is 3. The summed E-state index contributed by atoms with van der Waals surface area (Å²) in [5, 5.41) is 23.7. The van der Waals surface area contributed by atoms with Crippen molar-refractivity contribution in [1.29, 1.82) is 0 Å². The number of allylic oxidation sites excluding steroid dienone is 12. The first-order valence-electron chi connectivity index (χ1n) is 25.2. The Morgan fingerprint density at radius 3 is 1.37 bits per heavy atom. The Balaban J connectivity index is 4.66. The first-order chi connectivity index (χ1) is 29.5. The fraction of sp³-hybridized carbons (Fsp3) is 0.741. The summed E-state index contributed by atoms with van der Waals surface area (Å²) in [5.74, 6) is -0.524. The molecule has 0 heterocycles. The molecule has 0 aromatic heterocycles. The average Bonchev–Trinajstić information content (AvgIpc) is 3.24. The number of amides is 1. The molecule has 0 aliphatic rings. The van der Waals surface area contributed by atoms with Gasteiger partial charge < -0.3 is 20.3 Å². The van der Waals surface area contributed by atoms with Crippen molar-refractivity contribution in [2.24, 2.45) is 0 Å². The topological polar surface area (TPSA) is 95.9 Å². The van der Waals surface area contributed by atoms with E-state index in [0.29, 0.717) is 19.3 Å². The zero-order chi connectivity index (χ0) is 43.8. The van der Waals surface area contributed by atoms with Crippen LogP contribution in [0.5, 0.6) is 0 Å². The molecule has 60 heavy (non-hydrogen) atoms. The van der Waals surface area contributed by atoms with Crippen molar-refractivity contribution in [3.8, 4) is 0 Å². The van der Waals surface area contributed by atoms with Crippen molar-refractivity contribution in [3.05, 3.63) is 72.9 Å². The molecule has 0 spiro atoms. The molecule has 6 nitrogen and oxygen atoms in total. The van der Waals surface area contributed by atoms with Crippen LogP contribution < -0.4 is 5.32 Å². The molecular weight excluding hydrogens is 743 g/mol. The lowest BCUT2D eigenvalue weighted by Gasteiger charge is -2.24. The molecule has 0 rings (SSSR count). The van der Waals surface area contributed by atoms with E-state index in [1.165, 1.54) is 64.2 Å². The Morgan fingerprint density at radius 2 is 0.900 bits per heavy atom. The van der Waals surface area contributed by atoms with Crippen LogP contribution in [-0.4, -0.2) is 46.9 Å². The second-order valence-corrected chi connectivity index (χ2v) is 16.8. The van der Waals surface area contributed by atoms with E-state index in [0.717, 1.165) is 122 Å². The van der Waals surface area contributed by atoms with E-state index in [9.17, 15) is 19.8 Å². The molecule has 346 valence electrons. The summed E-state index contributed by atoms with van der Waals surface area (Å²) in [6, 6.07) is -0.716. The first-order valence-corrected chi connectivity index (χ1v) is 25.2. The maximum absolute atomic E-state index is 13.2. The minimum Gasteiger partial charge on any atom is -0.462 e. The van der Waals surface area contributed by atoms with E-state index in [-0.39, 0.29) is 24.9 Å². The monoisotopic (exact) mass is 838 g/mol. The van der Waals surface area contributed by atoms with Gasteiger partial charge in [0.1, 0.15) is 6.10 Å². The highest BCUT2D eigenvalue weighted by molar-refractivity contribution is 5.77. The van der Waals surface area contributed by atoms with Crippen LogP contribution in [0.1, 0.15) is 233 Å². The van der Waals surface area contributed by atoms with Crippen LogP contribution in [0.15, 0.2) is 72.9 Å². The fourth-order valence-corrected chi connectivity index (χ4v) is 7.28. The van der Waals surface area contributed by atoms with E-state index in [1.54, 1.807) is 0 Å². The molecule has 0 bridgehead atoms. The number of rotatable bonds is 44. The minimum absolute atomic E-state index is 0.0507. The number of carbonyl (C=O) groups is 2. The highest BCUT2D eigenvalue weighted by atomic mass is 16.5. The number of aliphatic hydroxyl groups excluding tert-OH is 2. The van der Waals surface area contributed by atoms with E-state index in [1.807, 2.05) is 0 Å². The summed E-state index contributed by atoms with van der Waals surface area (Å²) in [5.41, 5.74) is 0. The standard InChI is InChI=1S/C54H95NO5/c1-4-7-10-13-16-19-22-25-28-30-33-36-39-42-45-50(60-54(59)47-44-41-38-35-32-29-26-23-20-17-14-11-8-5-2)48-53(58)55-51(49-56)52(57)46-43-40-37-34-31-27-24-21-18-15-12-9-6-3/h7-8,10-11,16-17,19-20,25-26,28-29,50-52,56-57H,4-6,9,12-15,18,21-24,27,30-49H2,1-3H3,(H,55,58)/b10-7+,11-8+,19-16+,20-17+,28-25+,29-26+. The summed E-state index contributed by atoms with van der Waals surface area (Å²) in [6.45, 7) is 6.24. The molecule has 0 saturated heterocycles. The molecule has 0 aromatic rings. The molecule has 3 N–H and O–H groups in total. The SMILES string of the molecule is CC/C=C/C/C=C/C/C=C/CCCCCCC(=O)OC(CCCCCC/C=C/C/C=C/C/C=C/CC)CC(=O)NC(CO)C(O)CCCCCCCCCCCCCCC. The van der Waals surface area contributed by atoms with Crippen molar-refractivity contribution >= 4 is 11.9 Å². The molecule has 0 aliphatic heterocycles. The molecule has 1 amide bonds. The van der Waals surface area contributed by atoms with Crippen molar-refractivity contribution in [2.75, 3.05) is 6.61 Å². The third kappa shape index (κ3) is 42.0. The molecule has 0 radical (unpaired) electrons. The summed E-state index contributed by atoms with van der Waals surface area (Å²) in [7, 11) is 0. The van der Waals surface area contributed by atoms with Gasteiger partial charge in [-0.15, -0.1) is 0 Å². The van der Waals surface area contributed by atoms with Crippen molar-refractivity contribution in [1.82, 2.24) is 5.32 Å². The van der Waals surface area contributed by atoms with Crippen LogP contribution in [0.3, 0.4) is 0 Å². The predicted octanol–water partition coefficient (Wildman–Crippen LogP) is 15.0. The Labute approximate surface area is 371 Å². The average molecular weight is 838 g/mol. The van der Waals surface area contributed by atoms with Crippen LogP contribution >= 0.6 is 0 Å². The maximum atomic E-state index is 13.2. The van der Waals surface area contributed by atoms with Crippen LogP contribution in [0.2, 0.25) is 0 Å². The molecule has 6 heteroatoms. The summed E-state index contributed by atoms with van der Waals surface area (Å²) in [4.78, 5) is 26.1. The number of hydrogen-bond acceptors (Lipinski definition) is 5. The van der Waals surface area contributed by atoms with Gasteiger partial charge in [-0.05, 0) is 89.9 Å². The lowest BCUT2D eigenvalue weighted by atomic mass is 10.0. The molecule has 0 saturated carbocycles. The number of carbonyl (C=O) groups excluding carboxylic acids is 2. The molecule has 3 atom stereocenters. The smallest absolute Gasteiger partial charge is 0.306 e. The number of nitrogens with one attached hydrogen (secondary N) is 1. The van der Waals surface area contributed by atoms with Gasteiger partial charge in [-0.2, -0.15) is 0 Å². The third-order valence-corrected chi connectivity index (χ3v) is 11.0. The highest BCUT2D eigenvalue weighted by Gasteiger charge is 2.24. The molecule has 0 fully saturated rings. The summed E-state index contributed by atoms with van der Waals surface area (Å²) < 4.78 is 5.91. The second kappa shape index (κ2) is 47.4. The first kappa shape index (κ1) is 57.3. The number of ether oxygens (including phenoxy) is 1. The molecule has 3 unspecified atom stereocenters. The van der Waals surface area contributed by atoms with Crippen molar-refractivity contribution in [2.45, 2.75) is 251 Å². The zero-order valence-corrected chi connectivity index (χ0v) is 39.3. The van der Waals surface area contributed by atoms with Crippen molar-refractivity contribution in [3.63, 3.8) is 0 Å². The van der Waals surface area contributed by atoms with Crippen LogP contribution in [0, 0.1) is 0 Å². The van der Waals surface area contributed by atoms with Gasteiger partial charge in [0.2, 0.25) is 5.91 Å². The quantitative estimate of drug-likeness (QED) is 0.0323. The second-order valence-electron chi connectivity index (χ2n) is 16.8. The van der Waals surface area contributed by atoms with Gasteiger partial charge in [0, 0.05) is 6.42 Å². The number of unbranched alkanes of at least 4 members (excludes halogenated alkanes) is 20. The van der Waals surface area contributed by atoms with Gasteiger partial charge >= 0.3 is 5.97 Å². The van der Waals surface area contributed by atoms with Crippen LogP contribution in [0.25, 0.3) is 0 Å². The largest absolute Gasteiger partial charge is 0.462 e. The Morgan fingerprint density at radius 1 is 0.500 bits per heavy atom. The van der Waals surface area contributed by atoms with E-state index in [4.69, 9.17) is 4.74 Å². The van der Waals surface area contributed by atoms with E-state index in [2.05, 4.69) is 99.0 Å².